The number of carbonyl (C=O) groups is 2. The van der Waals surface area contributed by atoms with Gasteiger partial charge in [-0.1, -0.05) is 66.7 Å². The topological polar surface area (TPSA) is 76.7 Å². The van der Waals surface area contributed by atoms with Crippen LogP contribution in [0.25, 0.3) is 0 Å². The van der Waals surface area contributed by atoms with E-state index in [9.17, 15) is 9.59 Å². The third kappa shape index (κ3) is 5.87. The molecule has 0 radical (unpaired) electrons. The molecule has 36 heavy (non-hydrogen) atoms. The predicted octanol–water partition coefficient (Wildman–Crippen LogP) is 6.07. The van der Waals surface area contributed by atoms with Crippen molar-refractivity contribution < 1.29 is 19.1 Å². The van der Waals surface area contributed by atoms with Crippen molar-refractivity contribution in [3.63, 3.8) is 0 Å². The highest BCUT2D eigenvalue weighted by Gasteiger charge is 2.23. The lowest BCUT2D eigenvalue weighted by Gasteiger charge is -2.18. The summed E-state index contributed by atoms with van der Waals surface area (Å²) in [6.45, 7) is 0.174. The van der Waals surface area contributed by atoms with Gasteiger partial charge in [-0.15, -0.1) is 11.8 Å². The van der Waals surface area contributed by atoms with Crippen LogP contribution in [0, 0.1) is 0 Å². The summed E-state index contributed by atoms with van der Waals surface area (Å²) in [5.74, 6) is 1.01. The largest absolute Gasteiger partial charge is 0.454 e. The van der Waals surface area contributed by atoms with Gasteiger partial charge in [-0.05, 0) is 41.5 Å². The molecule has 7 heteroatoms. The van der Waals surface area contributed by atoms with Crippen LogP contribution in [-0.4, -0.2) is 18.6 Å². The van der Waals surface area contributed by atoms with Crippen LogP contribution in [0.5, 0.6) is 11.5 Å². The highest BCUT2D eigenvalue weighted by Crippen LogP contribution is 2.38. The Bertz CT molecular complexity index is 1360. The maximum atomic E-state index is 13.4. The number of hydrogen-bond donors (Lipinski definition) is 2. The van der Waals surface area contributed by atoms with Crippen LogP contribution >= 0.6 is 11.8 Å². The zero-order chi connectivity index (χ0) is 24.7. The summed E-state index contributed by atoms with van der Waals surface area (Å²) in [6.07, 6.45) is 0.294. The first kappa shape index (κ1) is 23.5. The van der Waals surface area contributed by atoms with E-state index < -0.39 is 5.25 Å². The highest BCUT2D eigenvalue weighted by molar-refractivity contribution is 8.00. The van der Waals surface area contributed by atoms with E-state index >= 15 is 0 Å². The van der Waals surface area contributed by atoms with E-state index in [1.165, 1.54) is 11.8 Å². The van der Waals surface area contributed by atoms with Crippen LogP contribution in [0.4, 0.5) is 11.4 Å². The van der Waals surface area contributed by atoms with Crippen molar-refractivity contribution in [1.82, 2.24) is 0 Å². The second kappa shape index (κ2) is 11.0. The normalized spacial score (nSPS) is 12.6. The van der Waals surface area contributed by atoms with Crippen molar-refractivity contribution >= 4 is 35.0 Å². The average molecular weight is 497 g/mol. The molecule has 0 fully saturated rings. The first-order valence-corrected chi connectivity index (χ1v) is 12.4. The average Bonchev–Trinajstić information content (AvgIpc) is 3.36. The Kier molecular flexibility index (Phi) is 7.19. The standard InChI is InChI=1S/C29H24N2O4S/c32-27(16-20-8-3-1-4-9-20)30-22-12-7-13-24(17-22)36-28(21-10-5-2-6-11-21)29(33)31-23-14-15-25-26(18-23)35-19-34-25/h1-15,17-18,28H,16,19H2,(H,30,32)(H,31,33). The fourth-order valence-corrected chi connectivity index (χ4v) is 4.94. The predicted molar refractivity (Wildman–Crippen MR) is 141 cm³/mol. The van der Waals surface area contributed by atoms with Gasteiger partial charge in [0.1, 0.15) is 5.25 Å². The molecule has 2 amide bonds. The summed E-state index contributed by atoms with van der Waals surface area (Å²) in [6, 6.07) is 32.1. The Hall–Kier alpha value is -4.23. The van der Waals surface area contributed by atoms with E-state index in [1.54, 1.807) is 18.2 Å². The van der Waals surface area contributed by atoms with Crippen molar-refractivity contribution in [2.45, 2.75) is 16.6 Å². The third-order valence-electron chi connectivity index (χ3n) is 5.56. The lowest BCUT2D eigenvalue weighted by molar-refractivity contribution is -0.116. The number of nitrogens with one attached hydrogen (secondary N) is 2. The van der Waals surface area contributed by atoms with Gasteiger partial charge in [0.05, 0.1) is 6.42 Å². The van der Waals surface area contributed by atoms with Gasteiger partial charge in [-0.25, -0.2) is 0 Å². The molecule has 1 aliphatic heterocycles. The molecule has 1 heterocycles. The Balaban J connectivity index is 1.31. The summed E-state index contributed by atoms with van der Waals surface area (Å²) in [5, 5.41) is 5.45. The number of hydrogen-bond acceptors (Lipinski definition) is 5. The van der Waals surface area contributed by atoms with Gasteiger partial charge in [0, 0.05) is 22.3 Å². The number of thioether (sulfide) groups is 1. The Labute approximate surface area is 213 Å². The second-order valence-corrected chi connectivity index (χ2v) is 9.38. The molecule has 1 atom stereocenters. The van der Waals surface area contributed by atoms with E-state index in [4.69, 9.17) is 9.47 Å². The zero-order valence-corrected chi connectivity index (χ0v) is 20.2. The second-order valence-electron chi connectivity index (χ2n) is 8.20. The Morgan fingerprint density at radius 1 is 0.750 bits per heavy atom. The molecule has 1 aliphatic rings. The lowest BCUT2D eigenvalue weighted by Crippen LogP contribution is -2.19. The molecule has 0 spiro atoms. The van der Waals surface area contributed by atoms with Crippen LogP contribution in [0.15, 0.2) is 108 Å². The van der Waals surface area contributed by atoms with Crippen LogP contribution in [-0.2, 0) is 16.0 Å². The molecular weight excluding hydrogens is 472 g/mol. The van der Waals surface area contributed by atoms with Gasteiger partial charge >= 0.3 is 0 Å². The quantitative estimate of drug-likeness (QED) is 0.290. The monoisotopic (exact) mass is 496 g/mol. The Morgan fingerprint density at radius 2 is 1.47 bits per heavy atom. The summed E-state index contributed by atoms with van der Waals surface area (Å²) >= 11 is 1.42. The van der Waals surface area contributed by atoms with Crippen LogP contribution < -0.4 is 20.1 Å². The molecule has 0 saturated heterocycles. The van der Waals surface area contributed by atoms with Crippen molar-refractivity contribution in [3.05, 3.63) is 114 Å². The van der Waals surface area contributed by atoms with E-state index in [0.29, 0.717) is 29.3 Å². The molecule has 0 saturated carbocycles. The smallest absolute Gasteiger partial charge is 0.242 e. The third-order valence-corrected chi connectivity index (χ3v) is 6.81. The number of anilines is 2. The minimum atomic E-state index is -0.508. The molecule has 6 nitrogen and oxygen atoms in total. The number of carbonyl (C=O) groups excluding carboxylic acids is 2. The minimum absolute atomic E-state index is 0.0940. The first-order chi connectivity index (χ1) is 17.6. The fraction of sp³-hybridized carbons (Fsp3) is 0.103. The number of amides is 2. The number of benzene rings is 4. The highest BCUT2D eigenvalue weighted by atomic mass is 32.2. The van der Waals surface area contributed by atoms with Crippen molar-refractivity contribution in [2.24, 2.45) is 0 Å². The van der Waals surface area contributed by atoms with Crippen LogP contribution in [0.1, 0.15) is 16.4 Å². The minimum Gasteiger partial charge on any atom is -0.454 e. The molecule has 2 N–H and O–H groups in total. The number of fused-ring (bicyclic) bond motifs is 1. The summed E-state index contributed by atoms with van der Waals surface area (Å²) in [7, 11) is 0. The first-order valence-electron chi connectivity index (χ1n) is 11.5. The van der Waals surface area contributed by atoms with Crippen molar-refractivity contribution in [3.8, 4) is 11.5 Å². The van der Waals surface area contributed by atoms with E-state index in [2.05, 4.69) is 10.6 Å². The molecule has 0 aliphatic carbocycles. The molecule has 0 aromatic heterocycles. The molecule has 1 unspecified atom stereocenters. The van der Waals surface area contributed by atoms with E-state index in [-0.39, 0.29) is 18.6 Å². The number of ether oxygens (including phenoxy) is 2. The fourth-order valence-electron chi connectivity index (χ4n) is 3.85. The molecule has 4 aromatic carbocycles. The SMILES string of the molecule is O=C(Cc1ccccc1)Nc1cccc(SC(C(=O)Nc2ccc3c(c2)OCO3)c2ccccc2)c1. The van der Waals surface area contributed by atoms with E-state index in [0.717, 1.165) is 16.0 Å². The maximum Gasteiger partial charge on any atom is 0.242 e. The summed E-state index contributed by atoms with van der Waals surface area (Å²) in [5.41, 5.74) is 3.14. The molecule has 180 valence electrons. The number of rotatable bonds is 8. The van der Waals surface area contributed by atoms with Gasteiger partial charge in [-0.2, -0.15) is 0 Å². The lowest BCUT2D eigenvalue weighted by atomic mass is 10.1. The molecule has 0 bridgehead atoms. The zero-order valence-electron chi connectivity index (χ0n) is 19.3. The molecule has 4 aromatic rings. The van der Waals surface area contributed by atoms with Gasteiger partial charge in [0.2, 0.25) is 18.6 Å². The van der Waals surface area contributed by atoms with Gasteiger partial charge in [0.25, 0.3) is 0 Å². The summed E-state index contributed by atoms with van der Waals surface area (Å²) < 4.78 is 10.8. The summed E-state index contributed by atoms with van der Waals surface area (Å²) in [4.78, 5) is 26.8. The van der Waals surface area contributed by atoms with Gasteiger partial charge < -0.3 is 20.1 Å². The van der Waals surface area contributed by atoms with Crippen molar-refractivity contribution in [2.75, 3.05) is 17.4 Å². The van der Waals surface area contributed by atoms with E-state index in [1.807, 2.05) is 84.9 Å². The molecular formula is C29H24N2O4S. The Morgan fingerprint density at radius 3 is 2.28 bits per heavy atom. The van der Waals surface area contributed by atoms with Crippen LogP contribution in [0.2, 0.25) is 0 Å². The maximum absolute atomic E-state index is 13.4. The van der Waals surface area contributed by atoms with Crippen molar-refractivity contribution in [1.29, 1.82) is 0 Å². The van der Waals surface area contributed by atoms with Gasteiger partial charge in [-0.3, -0.25) is 9.59 Å². The molecule has 5 rings (SSSR count). The van der Waals surface area contributed by atoms with Crippen LogP contribution in [0.3, 0.4) is 0 Å². The van der Waals surface area contributed by atoms with Gasteiger partial charge in [0.15, 0.2) is 11.5 Å².